The molecule has 0 atom stereocenters. The summed E-state index contributed by atoms with van der Waals surface area (Å²) in [6.07, 6.45) is 0. The topological polar surface area (TPSA) is 72.8 Å². The highest BCUT2D eigenvalue weighted by molar-refractivity contribution is 7.92. The zero-order chi connectivity index (χ0) is 27.6. The quantitative estimate of drug-likeness (QED) is 0.224. The number of nitrogens with zero attached hydrogens (tertiary/aromatic N) is 3. The van der Waals surface area contributed by atoms with Crippen LogP contribution in [0.25, 0.3) is 66.8 Å². The zero-order valence-corrected chi connectivity index (χ0v) is 22.5. The van der Waals surface area contributed by atoms with E-state index in [4.69, 9.17) is 15.0 Å². The molecule has 0 saturated carbocycles. The Hall–Kier alpha value is -5.20. The number of hydrogen-bond acceptors (Lipinski definition) is 5. The molecule has 0 saturated heterocycles. The molecule has 1 aromatic heterocycles. The summed E-state index contributed by atoms with van der Waals surface area (Å²) in [6, 6.07) is 41.0. The van der Waals surface area contributed by atoms with Gasteiger partial charge in [-0.1, -0.05) is 103 Å². The molecule has 0 unspecified atom stereocenters. The van der Waals surface area contributed by atoms with Gasteiger partial charge in [-0.2, -0.15) is 0 Å². The van der Waals surface area contributed by atoms with Crippen molar-refractivity contribution >= 4 is 31.4 Å². The Kier molecular flexibility index (Phi) is 5.14. The first kappa shape index (κ1) is 23.7. The van der Waals surface area contributed by atoms with Crippen molar-refractivity contribution in [2.24, 2.45) is 0 Å². The summed E-state index contributed by atoms with van der Waals surface area (Å²) in [4.78, 5) is 15.6. The number of rotatable bonds is 3. The minimum atomic E-state index is -3.57. The molecule has 5 nitrogen and oxygen atoms in total. The second kappa shape index (κ2) is 8.91. The summed E-state index contributed by atoms with van der Waals surface area (Å²) in [5, 5.41) is 4.28. The fraction of sp³-hybridized carbons (Fsp3) is 0. The first-order chi connectivity index (χ1) is 20.1. The third-order valence-electron chi connectivity index (χ3n) is 7.69. The van der Waals surface area contributed by atoms with Gasteiger partial charge in [0.1, 0.15) is 0 Å². The third kappa shape index (κ3) is 3.68. The molecule has 0 amide bonds. The van der Waals surface area contributed by atoms with E-state index in [1.54, 1.807) is 24.3 Å². The number of benzene rings is 6. The second-order valence-electron chi connectivity index (χ2n) is 10.1. The standard InChI is InChI=1S/C35H21N3O2S/c39-41(40)31-18-6-5-15-27(31)30-21-24(19-20-32(30)41)33-36-34(28-16-7-11-22-9-1-3-13-25(22)28)38-35(37-33)29-17-8-12-23-10-2-4-14-26(23)29/h1-21H. The predicted molar refractivity (Wildman–Crippen MR) is 162 cm³/mol. The molecule has 6 aromatic carbocycles. The van der Waals surface area contributed by atoms with Crippen LogP contribution in [0.2, 0.25) is 0 Å². The summed E-state index contributed by atoms with van der Waals surface area (Å²) >= 11 is 0. The van der Waals surface area contributed by atoms with Crippen molar-refractivity contribution in [2.75, 3.05) is 0 Å². The van der Waals surface area contributed by atoms with Crippen LogP contribution in [0.3, 0.4) is 0 Å². The van der Waals surface area contributed by atoms with E-state index in [2.05, 4.69) is 36.4 Å². The molecule has 0 aliphatic carbocycles. The fourth-order valence-corrected chi connectivity index (χ4v) is 7.41. The number of sulfone groups is 1. The van der Waals surface area contributed by atoms with Gasteiger partial charge in [0.15, 0.2) is 17.5 Å². The number of hydrogen-bond donors (Lipinski definition) is 0. The van der Waals surface area contributed by atoms with E-state index in [0.29, 0.717) is 38.4 Å². The molecule has 6 heteroatoms. The fourth-order valence-electron chi connectivity index (χ4n) is 5.74. The van der Waals surface area contributed by atoms with Gasteiger partial charge >= 0.3 is 0 Å². The lowest BCUT2D eigenvalue weighted by Crippen LogP contribution is -2.01. The van der Waals surface area contributed by atoms with Gasteiger partial charge in [-0.15, -0.1) is 0 Å². The molecule has 0 bridgehead atoms. The maximum Gasteiger partial charge on any atom is 0.207 e. The van der Waals surface area contributed by atoms with Crippen molar-refractivity contribution in [2.45, 2.75) is 9.79 Å². The average Bonchev–Trinajstić information content (AvgIpc) is 3.26. The van der Waals surface area contributed by atoms with Crippen LogP contribution >= 0.6 is 0 Å². The summed E-state index contributed by atoms with van der Waals surface area (Å²) in [6.45, 7) is 0. The van der Waals surface area contributed by atoms with Crippen LogP contribution < -0.4 is 0 Å². The molecule has 41 heavy (non-hydrogen) atoms. The number of aromatic nitrogens is 3. The van der Waals surface area contributed by atoms with Gasteiger partial charge in [0.25, 0.3) is 0 Å². The van der Waals surface area contributed by atoms with Gasteiger partial charge in [-0.05, 0) is 45.8 Å². The highest BCUT2D eigenvalue weighted by Crippen LogP contribution is 2.44. The van der Waals surface area contributed by atoms with Crippen LogP contribution in [0.15, 0.2) is 137 Å². The van der Waals surface area contributed by atoms with E-state index in [9.17, 15) is 8.42 Å². The Bertz CT molecular complexity index is 2190. The second-order valence-corrected chi connectivity index (χ2v) is 12.0. The van der Waals surface area contributed by atoms with Crippen LogP contribution in [-0.2, 0) is 9.84 Å². The first-order valence-electron chi connectivity index (χ1n) is 13.3. The van der Waals surface area contributed by atoms with Gasteiger partial charge in [0.2, 0.25) is 9.84 Å². The average molecular weight is 548 g/mol. The van der Waals surface area contributed by atoms with Crippen LogP contribution in [-0.4, -0.2) is 23.4 Å². The van der Waals surface area contributed by atoms with Crippen molar-refractivity contribution in [1.82, 2.24) is 15.0 Å². The molecular formula is C35H21N3O2S. The van der Waals surface area contributed by atoms with E-state index in [0.717, 1.165) is 38.2 Å². The molecule has 0 spiro atoms. The largest absolute Gasteiger partial charge is 0.218 e. The van der Waals surface area contributed by atoms with Crippen LogP contribution in [0, 0.1) is 0 Å². The van der Waals surface area contributed by atoms with Gasteiger partial charge in [-0.25, -0.2) is 23.4 Å². The molecule has 0 N–H and O–H groups in total. The van der Waals surface area contributed by atoms with E-state index >= 15 is 0 Å². The van der Waals surface area contributed by atoms with Crippen LogP contribution in [0.1, 0.15) is 0 Å². The smallest absolute Gasteiger partial charge is 0.207 e. The van der Waals surface area contributed by atoms with E-state index < -0.39 is 9.84 Å². The first-order valence-corrected chi connectivity index (χ1v) is 14.8. The highest BCUT2D eigenvalue weighted by atomic mass is 32.2. The third-order valence-corrected chi connectivity index (χ3v) is 9.56. The van der Waals surface area contributed by atoms with E-state index in [1.165, 1.54) is 0 Å². The van der Waals surface area contributed by atoms with Crippen LogP contribution in [0.4, 0.5) is 0 Å². The molecule has 194 valence electrons. The van der Waals surface area contributed by atoms with Gasteiger partial charge < -0.3 is 0 Å². The van der Waals surface area contributed by atoms with Crippen molar-refractivity contribution < 1.29 is 8.42 Å². The SMILES string of the molecule is O=S1(=O)c2ccccc2-c2cc(-c3nc(-c4cccc5ccccc45)nc(-c4cccc5ccccc45)n3)ccc21. The molecule has 8 rings (SSSR count). The summed E-state index contributed by atoms with van der Waals surface area (Å²) < 4.78 is 26.4. The molecule has 2 heterocycles. The van der Waals surface area contributed by atoms with E-state index in [1.807, 2.05) is 66.7 Å². The Morgan fingerprint density at radius 2 is 0.902 bits per heavy atom. The van der Waals surface area contributed by atoms with E-state index in [-0.39, 0.29) is 0 Å². The summed E-state index contributed by atoms with van der Waals surface area (Å²) in [5.74, 6) is 1.60. The Morgan fingerprint density at radius 1 is 0.415 bits per heavy atom. The maximum absolute atomic E-state index is 13.2. The van der Waals surface area contributed by atoms with Gasteiger partial charge in [-0.3, -0.25) is 0 Å². The lowest BCUT2D eigenvalue weighted by molar-refractivity contribution is 0.598. The predicted octanol–water partition coefficient (Wildman–Crippen LogP) is 7.99. The Morgan fingerprint density at radius 3 is 1.56 bits per heavy atom. The lowest BCUT2D eigenvalue weighted by Gasteiger charge is -2.12. The van der Waals surface area contributed by atoms with Gasteiger partial charge in [0.05, 0.1) is 9.79 Å². The van der Waals surface area contributed by atoms with Crippen LogP contribution in [0.5, 0.6) is 0 Å². The van der Waals surface area contributed by atoms with Crippen molar-refractivity contribution in [3.63, 3.8) is 0 Å². The maximum atomic E-state index is 13.2. The van der Waals surface area contributed by atoms with Crippen molar-refractivity contribution in [3.8, 4) is 45.3 Å². The normalized spacial score (nSPS) is 13.3. The minimum Gasteiger partial charge on any atom is -0.218 e. The van der Waals surface area contributed by atoms with Gasteiger partial charge in [0, 0.05) is 27.8 Å². The minimum absolute atomic E-state index is 0.306. The Labute approximate surface area is 236 Å². The Balaban J connectivity index is 1.40. The van der Waals surface area contributed by atoms with Crippen molar-refractivity contribution in [1.29, 1.82) is 0 Å². The van der Waals surface area contributed by atoms with Crippen molar-refractivity contribution in [3.05, 3.63) is 127 Å². The molecule has 0 fully saturated rings. The molecule has 7 aromatic rings. The zero-order valence-electron chi connectivity index (χ0n) is 21.7. The molecule has 0 radical (unpaired) electrons. The lowest BCUT2D eigenvalue weighted by atomic mass is 10.0. The summed E-state index contributed by atoms with van der Waals surface area (Å²) in [7, 11) is -3.57. The monoisotopic (exact) mass is 547 g/mol. The molecular weight excluding hydrogens is 526 g/mol. The molecule has 1 aliphatic rings. The summed E-state index contributed by atoms with van der Waals surface area (Å²) in [5.41, 5.74) is 3.89. The highest BCUT2D eigenvalue weighted by Gasteiger charge is 2.33. The molecule has 1 aliphatic heterocycles. The number of fused-ring (bicyclic) bond motifs is 5.